The largest absolute Gasteiger partial charge is 0.507 e. The Morgan fingerprint density at radius 1 is 1.00 bits per heavy atom. The molecule has 0 radical (unpaired) electrons. The molecule has 150 valence electrons. The Morgan fingerprint density at radius 2 is 1.66 bits per heavy atom. The van der Waals surface area contributed by atoms with E-state index in [1.54, 1.807) is 26.8 Å². The van der Waals surface area contributed by atoms with E-state index in [0.29, 0.717) is 16.8 Å². The van der Waals surface area contributed by atoms with Gasteiger partial charge in [0, 0.05) is 5.69 Å². The van der Waals surface area contributed by atoms with Gasteiger partial charge in [0.2, 0.25) is 5.78 Å². The van der Waals surface area contributed by atoms with E-state index >= 15 is 0 Å². The number of fused-ring (bicyclic) bond motifs is 1. The van der Waals surface area contributed by atoms with Gasteiger partial charge in [-0.15, -0.1) is 0 Å². The van der Waals surface area contributed by atoms with Crippen molar-refractivity contribution >= 4 is 28.5 Å². The lowest BCUT2D eigenvalue weighted by Gasteiger charge is -2.08. The molecule has 3 rings (SSSR count). The molecule has 7 heteroatoms. The summed E-state index contributed by atoms with van der Waals surface area (Å²) in [5, 5.41) is 11.7. The Hall–Kier alpha value is -3.61. The molecule has 0 saturated heterocycles. The standard InChI is InChI=1S/C22H21NO6/c1-4-28-22(27)19-12(2)20(23-13(19)3)18(25)11-29-21(26)16-9-14-7-5-6-8-15(14)10-17(16)24/h5-10,23-24H,4,11H2,1-3H3. The second-order valence-corrected chi connectivity index (χ2v) is 6.56. The molecule has 0 aliphatic heterocycles. The fraction of sp³-hybridized carbons (Fsp3) is 0.227. The third-order valence-electron chi connectivity index (χ3n) is 4.61. The van der Waals surface area contributed by atoms with Crippen molar-refractivity contribution < 1.29 is 29.0 Å². The van der Waals surface area contributed by atoms with Gasteiger partial charge < -0.3 is 19.6 Å². The fourth-order valence-corrected chi connectivity index (χ4v) is 3.21. The Kier molecular flexibility index (Phi) is 5.68. The van der Waals surface area contributed by atoms with Crippen LogP contribution in [0.4, 0.5) is 0 Å². The van der Waals surface area contributed by atoms with Crippen LogP contribution in [-0.4, -0.2) is 41.0 Å². The normalized spacial score (nSPS) is 10.7. The van der Waals surface area contributed by atoms with Crippen LogP contribution < -0.4 is 0 Å². The van der Waals surface area contributed by atoms with Crippen LogP contribution in [0.1, 0.15) is 49.4 Å². The number of carbonyl (C=O) groups excluding carboxylic acids is 3. The lowest BCUT2D eigenvalue weighted by Crippen LogP contribution is -2.16. The predicted octanol–water partition coefficient (Wildman–Crippen LogP) is 3.71. The van der Waals surface area contributed by atoms with Crippen molar-refractivity contribution in [1.29, 1.82) is 0 Å². The zero-order chi connectivity index (χ0) is 21.1. The zero-order valence-electron chi connectivity index (χ0n) is 16.4. The third-order valence-corrected chi connectivity index (χ3v) is 4.61. The lowest BCUT2D eigenvalue weighted by molar-refractivity contribution is 0.0469. The highest BCUT2D eigenvalue weighted by atomic mass is 16.5. The number of carbonyl (C=O) groups is 3. The van der Waals surface area contributed by atoms with E-state index in [2.05, 4.69) is 4.98 Å². The number of benzene rings is 2. The number of Topliss-reactive ketones (excluding diaryl/α,β-unsaturated/α-hetero) is 1. The third kappa shape index (κ3) is 3.99. The Balaban J connectivity index is 1.76. The van der Waals surface area contributed by atoms with E-state index in [0.717, 1.165) is 10.8 Å². The molecule has 0 amide bonds. The van der Waals surface area contributed by atoms with Crippen molar-refractivity contribution in [2.45, 2.75) is 20.8 Å². The predicted molar refractivity (Wildman–Crippen MR) is 106 cm³/mol. The summed E-state index contributed by atoms with van der Waals surface area (Å²) < 4.78 is 10.1. The second kappa shape index (κ2) is 8.18. The first-order chi connectivity index (χ1) is 13.8. The molecule has 0 bridgehead atoms. The van der Waals surface area contributed by atoms with E-state index in [-0.39, 0.29) is 23.6 Å². The molecule has 0 unspecified atom stereocenters. The SMILES string of the molecule is CCOC(=O)c1c(C)[nH]c(C(=O)COC(=O)c2cc3ccccc3cc2O)c1C. The maximum atomic E-state index is 12.5. The average molecular weight is 395 g/mol. The first-order valence-corrected chi connectivity index (χ1v) is 9.11. The Bertz CT molecular complexity index is 1110. The molecule has 29 heavy (non-hydrogen) atoms. The average Bonchev–Trinajstić information content (AvgIpc) is 2.99. The first-order valence-electron chi connectivity index (χ1n) is 9.11. The molecular weight excluding hydrogens is 374 g/mol. The van der Waals surface area contributed by atoms with E-state index in [4.69, 9.17) is 9.47 Å². The highest BCUT2D eigenvalue weighted by Crippen LogP contribution is 2.26. The number of aromatic amines is 1. The summed E-state index contributed by atoms with van der Waals surface area (Å²) in [6.07, 6.45) is 0. The van der Waals surface area contributed by atoms with Crippen molar-refractivity contribution in [2.75, 3.05) is 13.2 Å². The number of aryl methyl sites for hydroxylation is 1. The van der Waals surface area contributed by atoms with Crippen LogP contribution in [0.2, 0.25) is 0 Å². The fourth-order valence-electron chi connectivity index (χ4n) is 3.21. The van der Waals surface area contributed by atoms with Gasteiger partial charge in [-0.05, 0) is 49.2 Å². The minimum absolute atomic E-state index is 0.0249. The van der Waals surface area contributed by atoms with E-state index in [1.807, 2.05) is 18.2 Å². The quantitative estimate of drug-likeness (QED) is 0.487. The van der Waals surface area contributed by atoms with Gasteiger partial charge in [0.05, 0.1) is 17.9 Å². The van der Waals surface area contributed by atoms with Gasteiger partial charge in [-0.1, -0.05) is 24.3 Å². The van der Waals surface area contributed by atoms with Crippen molar-refractivity contribution in [3.63, 3.8) is 0 Å². The second-order valence-electron chi connectivity index (χ2n) is 6.56. The number of aromatic nitrogens is 1. The molecular formula is C22H21NO6. The number of hydrogen-bond donors (Lipinski definition) is 2. The highest BCUT2D eigenvalue weighted by molar-refractivity contribution is 6.04. The lowest BCUT2D eigenvalue weighted by atomic mass is 10.1. The summed E-state index contributed by atoms with van der Waals surface area (Å²) in [6.45, 7) is 4.67. The van der Waals surface area contributed by atoms with Crippen molar-refractivity contribution in [1.82, 2.24) is 4.98 Å². The molecule has 3 aromatic rings. The summed E-state index contributed by atoms with van der Waals surface area (Å²) in [6, 6.07) is 10.2. The topological polar surface area (TPSA) is 106 Å². The van der Waals surface area contributed by atoms with Crippen LogP contribution in [-0.2, 0) is 9.47 Å². The number of ether oxygens (including phenoxy) is 2. The van der Waals surface area contributed by atoms with E-state index in [9.17, 15) is 19.5 Å². The van der Waals surface area contributed by atoms with Crippen molar-refractivity contribution in [3.8, 4) is 5.75 Å². The van der Waals surface area contributed by atoms with Crippen LogP contribution in [0.5, 0.6) is 5.75 Å². The molecule has 2 N–H and O–H groups in total. The van der Waals surface area contributed by atoms with Gasteiger partial charge >= 0.3 is 11.9 Å². The zero-order valence-corrected chi connectivity index (χ0v) is 16.4. The summed E-state index contributed by atoms with van der Waals surface area (Å²) in [5.74, 6) is -2.04. The van der Waals surface area contributed by atoms with Crippen LogP contribution in [0.15, 0.2) is 36.4 Å². The molecule has 0 saturated carbocycles. The van der Waals surface area contributed by atoms with Crippen LogP contribution >= 0.6 is 0 Å². The van der Waals surface area contributed by atoms with Gasteiger partial charge in [-0.3, -0.25) is 4.79 Å². The van der Waals surface area contributed by atoms with E-state index < -0.39 is 24.3 Å². The first kappa shape index (κ1) is 20.1. The highest BCUT2D eigenvalue weighted by Gasteiger charge is 2.24. The summed E-state index contributed by atoms with van der Waals surface area (Å²) in [5.41, 5.74) is 1.40. The molecule has 0 aliphatic carbocycles. The molecule has 0 aliphatic rings. The molecule has 7 nitrogen and oxygen atoms in total. The molecule has 1 aromatic heterocycles. The van der Waals surface area contributed by atoms with Crippen molar-refractivity contribution in [2.24, 2.45) is 0 Å². The maximum Gasteiger partial charge on any atom is 0.342 e. The van der Waals surface area contributed by atoms with Crippen molar-refractivity contribution in [3.05, 3.63) is 64.5 Å². The Labute approximate surface area is 167 Å². The number of aromatic hydroxyl groups is 1. The van der Waals surface area contributed by atoms with Crippen LogP contribution in [0.3, 0.4) is 0 Å². The van der Waals surface area contributed by atoms with Crippen LogP contribution in [0.25, 0.3) is 10.8 Å². The minimum atomic E-state index is -0.812. The van der Waals surface area contributed by atoms with Gasteiger partial charge in [0.15, 0.2) is 6.61 Å². The van der Waals surface area contributed by atoms with Gasteiger partial charge in [0.25, 0.3) is 0 Å². The molecule has 1 heterocycles. The number of phenolic OH excluding ortho intramolecular Hbond substituents is 1. The summed E-state index contributed by atoms with van der Waals surface area (Å²) in [4.78, 5) is 39.8. The number of hydrogen-bond acceptors (Lipinski definition) is 6. The van der Waals surface area contributed by atoms with Gasteiger partial charge in [0.1, 0.15) is 11.3 Å². The number of rotatable bonds is 6. The van der Waals surface area contributed by atoms with Crippen LogP contribution in [0, 0.1) is 13.8 Å². The van der Waals surface area contributed by atoms with Gasteiger partial charge in [-0.25, -0.2) is 9.59 Å². The molecule has 0 spiro atoms. The summed E-state index contributed by atoms with van der Waals surface area (Å²) in [7, 11) is 0. The number of ketones is 1. The summed E-state index contributed by atoms with van der Waals surface area (Å²) >= 11 is 0. The number of phenols is 1. The maximum absolute atomic E-state index is 12.5. The minimum Gasteiger partial charge on any atom is -0.507 e. The number of nitrogens with one attached hydrogen (secondary N) is 1. The number of esters is 2. The van der Waals surface area contributed by atoms with Gasteiger partial charge in [-0.2, -0.15) is 0 Å². The smallest absolute Gasteiger partial charge is 0.342 e. The monoisotopic (exact) mass is 395 g/mol. The molecule has 2 aromatic carbocycles. The number of H-pyrrole nitrogens is 1. The molecule has 0 fully saturated rings. The Morgan fingerprint density at radius 3 is 2.31 bits per heavy atom. The van der Waals surface area contributed by atoms with E-state index in [1.165, 1.54) is 12.1 Å². The molecule has 0 atom stereocenters.